The third-order valence-corrected chi connectivity index (χ3v) is 3.98. The zero-order valence-electron chi connectivity index (χ0n) is 9.29. The summed E-state index contributed by atoms with van der Waals surface area (Å²) in [5.41, 5.74) is 6.31. The number of nitrogens with two attached hydrogens (primary N) is 1. The lowest BCUT2D eigenvalue weighted by Gasteiger charge is -2.17. The van der Waals surface area contributed by atoms with E-state index in [1.165, 1.54) is 23.5 Å². The fourth-order valence-corrected chi connectivity index (χ4v) is 2.96. The van der Waals surface area contributed by atoms with E-state index in [0.29, 0.717) is 22.3 Å². The van der Waals surface area contributed by atoms with Crippen LogP contribution in [-0.2, 0) is 0 Å². The Labute approximate surface area is 119 Å². The van der Waals surface area contributed by atoms with Crippen molar-refractivity contribution in [2.75, 3.05) is 11.9 Å². The molecule has 96 valence electrons. The summed E-state index contributed by atoms with van der Waals surface area (Å²) >= 11 is 13.2. The average molecular weight is 305 g/mol. The van der Waals surface area contributed by atoms with Gasteiger partial charge in [0.05, 0.1) is 11.1 Å². The Kier molecular flexibility index (Phi) is 4.45. The second-order valence-electron chi connectivity index (χ2n) is 3.76. The maximum Gasteiger partial charge on any atom is 0.126 e. The molecule has 18 heavy (non-hydrogen) atoms. The molecule has 2 rings (SSSR count). The van der Waals surface area contributed by atoms with Crippen LogP contribution in [0.4, 0.5) is 10.1 Å². The summed E-state index contributed by atoms with van der Waals surface area (Å²) in [4.78, 5) is 1.00. The minimum Gasteiger partial charge on any atom is -0.376 e. The monoisotopic (exact) mass is 304 g/mol. The van der Waals surface area contributed by atoms with Crippen LogP contribution in [0.3, 0.4) is 0 Å². The van der Waals surface area contributed by atoms with Gasteiger partial charge in [-0.3, -0.25) is 0 Å². The molecule has 0 aliphatic heterocycles. The fraction of sp³-hybridized carbons (Fsp3) is 0.167. The van der Waals surface area contributed by atoms with Gasteiger partial charge in [0.1, 0.15) is 5.82 Å². The number of hydrogen-bond donors (Lipinski definition) is 2. The molecule has 0 aliphatic rings. The zero-order chi connectivity index (χ0) is 13.1. The van der Waals surface area contributed by atoms with Crippen LogP contribution in [0, 0.1) is 5.82 Å². The lowest BCUT2D eigenvalue weighted by Crippen LogP contribution is -2.19. The molecule has 2 aromatic rings. The highest BCUT2D eigenvalue weighted by atomic mass is 35.5. The van der Waals surface area contributed by atoms with E-state index >= 15 is 0 Å². The Bertz CT molecular complexity index is 524. The van der Waals surface area contributed by atoms with E-state index in [1.54, 1.807) is 6.07 Å². The van der Waals surface area contributed by atoms with Crippen LogP contribution in [0.15, 0.2) is 29.6 Å². The maximum atomic E-state index is 13.2. The molecule has 0 fully saturated rings. The van der Waals surface area contributed by atoms with E-state index < -0.39 is 0 Å². The van der Waals surface area contributed by atoms with Gasteiger partial charge in [-0.1, -0.05) is 23.2 Å². The average Bonchev–Trinajstić information content (AvgIpc) is 2.71. The Morgan fingerprint density at radius 2 is 2.00 bits per heavy atom. The molecule has 0 radical (unpaired) electrons. The van der Waals surface area contributed by atoms with Crippen LogP contribution in [0.2, 0.25) is 10.0 Å². The van der Waals surface area contributed by atoms with E-state index in [4.69, 9.17) is 28.9 Å². The number of nitrogens with one attached hydrogen (secondary N) is 1. The Balaban J connectivity index is 2.20. The van der Waals surface area contributed by atoms with E-state index in [0.717, 1.165) is 4.88 Å². The molecule has 0 spiro atoms. The second-order valence-corrected chi connectivity index (χ2v) is 5.57. The Morgan fingerprint density at radius 3 is 2.56 bits per heavy atom. The van der Waals surface area contributed by atoms with Crippen molar-refractivity contribution in [3.63, 3.8) is 0 Å². The zero-order valence-corrected chi connectivity index (χ0v) is 11.6. The predicted molar refractivity (Wildman–Crippen MR) is 76.2 cm³/mol. The first-order valence-electron chi connectivity index (χ1n) is 5.25. The first kappa shape index (κ1) is 13.6. The third kappa shape index (κ3) is 3.36. The molecule has 2 nitrogen and oxygen atoms in total. The molecule has 0 aliphatic carbocycles. The first-order chi connectivity index (χ1) is 8.58. The smallest absolute Gasteiger partial charge is 0.126 e. The summed E-state index contributed by atoms with van der Waals surface area (Å²) in [6.07, 6.45) is 0. The predicted octanol–water partition coefficient (Wildman–Crippen LogP) is 4.31. The van der Waals surface area contributed by atoms with Gasteiger partial charge in [0.2, 0.25) is 0 Å². The number of hydrogen-bond acceptors (Lipinski definition) is 3. The van der Waals surface area contributed by atoms with Crippen LogP contribution in [0.5, 0.6) is 0 Å². The van der Waals surface area contributed by atoms with Crippen molar-refractivity contribution >= 4 is 40.2 Å². The highest BCUT2D eigenvalue weighted by Crippen LogP contribution is 2.28. The van der Waals surface area contributed by atoms with Crippen molar-refractivity contribution in [3.8, 4) is 0 Å². The minimum absolute atomic E-state index is 0.111. The van der Waals surface area contributed by atoms with Gasteiger partial charge in [0, 0.05) is 27.5 Å². The van der Waals surface area contributed by atoms with Gasteiger partial charge in [-0.25, -0.2) is 4.39 Å². The van der Waals surface area contributed by atoms with Crippen molar-refractivity contribution < 1.29 is 4.39 Å². The summed E-state index contributed by atoms with van der Waals surface area (Å²) in [6, 6.07) is 6.02. The molecular weight excluding hydrogens is 294 g/mol. The summed E-state index contributed by atoms with van der Waals surface area (Å²) in [5.74, 6) is -0.384. The summed E-state index contributed by atoms with van der Waals surface area (Å²) in [5, 5.41) is 5.99. The van der Waals surface area contributed by atoms with E-state index in [-0.39, 0.29) is 11.9 Å². The van der Waals surface area contributed by atoms with Crippen LogP contribution in [0.1, 0.15) is 10.9 Å². The van der Waals surface area contributed by atoms with Gasteiger partial charge in [0.15, 0.2) is 0 Å². The lowest BCUT2D eigenvalue weighted by atomic mass is 10.2. The van der Waals surface area contributed by atoms with E-state index in [2.05, 4.69) is 5.32 Å². The highest BCUT2D eigenvalue weighted by Gasteiger charge is 2.12. The molecule has 0 saturated carbocycles. The standard InChI is InChI=1S/C12H11Cl2FN2S/c13-7-1-9(15)4-10(2-7)17-11(5-16)12-3-8(14)6-18-12/h1-4,6,11,17H,5,16H2. The molecule has 6 heteroatoms. The van der Waals surface area contributed by atoms with Gasteiger partial charge < -0.3 is 11.1 Å². The number of benzene rings is 1. The van der Waals surface area contributed by atoms with Gasteiger partial charge in [-0.15, -0.1) is 11.3 Å². The van der Waals surface area contributed by atoms with Gasteiger partial charge in [0.25, 0.3) is 0 Å². The molecule has 0 amide bonds. The highest BCUT2D eigenvalue weighted by molar-refractivity contribution is 7.10. The van der Waals surface area contributed by atoms with Crippen molar-refractivity contribution in [2.24, 2.45) is 5.73 Å². The van der Waals surface area contributed by atoms with Crippen LogP contribution in [0.25, 0.3) is 0 Å². The van der Waals surface area contributed by atoms with Crippen molar-refractivity contribution in [2.45, 2.75) is 6.04 Å². The van der Waals surface area contributed by atoms with E-state index in [1.807, 2.05) is 11.4 Å². The molecule has 1 atom stereocenters. The minimum atomic E-state index is -0.384. The van der Waals surface area contributed by atoms with Gasteiger partial charge in [-0.2, -0.15) is 0 Å². The summed E-state index contributed by atoms with van der Waals surface area (Å²) in [7, 11) is 0. The molecule has 1 heterocycles. The van der Waals surface area contributed by atoms with Crippen molar-refractivity contribution in [3.05, 3.63) is 50.4 Å². The van der Waals surface area contributed by atoms with Crippen LogP contribution in [-0.4, -0.2) is 6.54 Å². The largest absolute Gasteiger partial charge is 0.376 e. The topological polar surface area (TPSA) is 38.0 Å². The number of halogens is 3. The fourth-order valence-electron chi connectivity index (χ4n) is 1.60. The quantitative estimate of drug-likeness (QED) is 0.883. The first-order valence-corrected chi connectivity index (χ1v) is 6.88. The molecule has 3 N–H and O–H groups in total. The molecule has 0 saturated heterocycles. The molecule has 1 unspecified atom stereocenters. The second kappa shape index (κ2) is 5.89. The maximum absolute atomic E-state index is 13.2. The molecule has 0 bridgehead atoms. The van der Waals surface area contributed by atoms with Crippen molar-refractivity contribution in [1.82, 2.24) is 0 Å². The number of rotatable bonds is 4. The van der Waals surface area contributed by atoms with E-state index in [9.17, 15) is 4.39 Å². The van der Waals surface area contributed by atoms with Crippen molar-refractivity contribution in [1.29, 1.82) is 0 Å². The molecule has 1 aromatic heterocycles. The van der Waals surface area contributed by atoms with Crippen LogP contribution >= 0.6 is 34.5 Å². The van der Waals surface area contributed by atoms with Gasteiger partial charge in [-0.05, 0) is 24.3 Å². The SMILES string of the molecule is NCC(Nc1cc(F)cc(Cl)c1)c1cc(Cl)cs1. The Morgan fingerprint density at radius 1 is 1.22 bits per heavy atom. The number of thiophene rings is 1. The number of anilines is 1. The lowest BCUT2D eigenvalue weighted by molar-refractivity contribution is 0.628. The normalized spacial score (nSPS) is 12.4. The summed E-state index contributed by atoms with van der Waals surface area (Å²) in [6.45, 7) is 0.380. The summed E-state index contributed by atoms with van der Waals surface area (Å²) < 4.78 is 13.2. The van der Waals surface area contributed by atoms with Gasteiger partial charge >= 0.3 is 0 Å². The third-order valence-electron chi connectivity index (χ3n) is 2.37. The molecular formula is C12H11Cl2FN2S. The van der Waals surface area contributed by atoms with Crippen LogP contribution < -0.4 is 11.1 Å². The Hall–Kier alpha value is -0.810. The molecule has 1 aromatic carbocycles.